The van der Waals surface area contributed by atoms with E-state index in [-0.39, 0.29) is 11.9 Å². The van der Waals surface area contributed by atoms with Gasteiger partial charge in [0.2, 0.25) is 0 Å². The number of amides is 1. The minimum atomic E-state index is -0.228. The fraction of sp³-hybridized carbons (Fsp3) is 0.522. The zero-order chi connectivity index (χ0) is 20.9. The molecule has 160 valence electrons. The maximum absolute atomic E-state index is 12.8. The number of carbonyl (C=O) groups is 1. The van der Waals surface area contributed by atoms with Gasteiger partial charge in [-0.05, 0) is 51.3 Å². The highest BCUT2D eigenvalue weighted by molar-refractivity contribution is 6.05. The van der Waals surface area contributed by atoms with Crippen molar-refractivity contribution in [2.75, 3.05) is 32.2 Å². The fourth-order valence-corrected chi connectivity index (χ4v) is 4.49. The van der Waals surface area contributed by atoms with E-state index < -0.39 is 0 Å². The maximum Gasteiger partial charge on any atom is 0.259 e. The Morgan fingerprint density at radius 2 is 2.00 bits per heavy atom. The van der Waals surface area contributed by atoms with Gasteiger partial charge in [-0.15, -0.1) is 0 Å². The average molecular weight is 411 g/mol. The van der Waals surface area contributed by atoms with Crippen LogP contribution >= 0.6 is 0 Å². The lowest BCUT2D eigenvalue weighted by Crippen LogP contribution is -2.44. The van der Waals surface area contributed by atoms with Crippen molar-refractivity contribution in [2.24, 2.45) is 0 Å². The van der Waals surface area contributed by atoms with Crippen molar-refractivity contribution in [3.05, 3.63) is 47.5 Å². The molecular weight excluding hydrogens is 380 g/mol. The largest absolute Gasteiger partial charge is 0.495 e. The number of benzene rings is 1. The number of anilines is 1. The zero-order valence-corrected chi connectivity index (χ0v) is 17.8. The van der Waals surface area contributed by atoms with Crippen LogP contribution < -0.4 is 10.1 Å². The van der Waals surface area contributed by atoms with Crippen LogP contribution in [0.4, 0.5) is 5.69 Å². The second kappa shape index (κ2) is 9.53. The number of ether oxygens (including phenoxy) is 2. The second-order valence-corrected chi connectivity index (χ2v) is 7.97. The van der Waals surface area contributed by atoms with Gasteiger partial charge in [0.25, 0.3) is 5.91 Å². The molecule has 0 radical (unpaired) electrons. The summed E-state index contributed by atoms with van der Waals surface area (Å²) in [5, 5.41) is 2.91. The van der Waals surface area contributed by atoms with Crippen molar-refractivity contribution in [3.63, 3.8) is 0 Å². The summed E-state index contributed by atoms with van der Waals surface area (Å²) < 4.78 is 10.9. The van der Waals surface area contributed by atoms with Crippen LogP contribution in [0.3, 0.4) is 0 Å². The molecule has 1 N–H and O–H groups in total. The molecule has 2 aliphatic rings. The monoisotopic (exact) mass is 410 g/mol. The van der Waals surface area contributed by atoms with Crippen LogP contribution in [-0.4, -0.2) is 53.7 Å². The highest BCUT2D eigenvalue weighted by Crippen LogP contribution is 2.33. The van der Waals surface area contributed by atoms with E-state index in [2.05, 4.69) is 15.2 Å². The number of carbonyl (C=O) groups excluding carboxylic acids is 1. The Morgan fingerprint density at radius 3 is 2.77 bits per heavy atom. The second-order valence-electron chi connectivity index (χ2n) is 7.97. The van der Waals surface area contributed by atoms with Gasteiger partial charge in [-0.25, -0.2) is 9.97 Å². The van der Waals surface area contributed by atoms with Crippen molar-refractivity contribution in [3.8, 4) is 5.75 Å². The molecule has 1 atom stereocenters. The lowest BCUT2D eigenvalue weighted by Gasteiger charge is -2.42. The highest BCUT2D eigenvalue weighted by atomic mass is 16.5. The maximum atomic E-state index is 12.8. The van der Waals surface area contributed by atoms with Gasteiger partial charge in [0.15, 0.2) is 0 Å². The molecule has 2 saturated heterocycles. The summed E-state index contributed by atoms with van der Waals surface area (Å²) in [4.78, 5) is 24.8. The first kappa shape index (κ1) is 20.8. The predicted octanol–water partition coefficient (Wildman–Crippen LogP) is 3.75. The molecule has 1 aromatic carbocycles. The number of aryl methyl sites for hydroxylation is 1. The number of methoxy groups -OCH3 is 1. The first-order valence-electron chi connectivity index (χ1n) is 10.8. The van der Waals surface area contributed by atoms with Crippen LogP contribution in [0.5, 0.6) is 5.75 Å². The molecular formula is C23H30N4O3. The number of hydrogen-bond donors (Lipinski definition) is 1. The zero-order valence-electron chi connectivity index (χ0n) is 17.8. The van der Waals surface area contributed by atoms with Gasteiger partial charge in [0, 0.05) is 25.5 Å². The normalized spacial score (nSPS) is 20.7. The van der Waals surface area contributed by atoms with E-state index in [4.69, 9.17) is 14.5 Å². The summed E-state index contributed by atoms with van der Waals surface area (Å²) in [6.07, 6.45) is 7.25. The number of aromatic nitrogens is 2. The molecule has 4 rings (SSSR count). The summed E-state index contributed by atoms with van der Waals surface area (Å²) in [6.45, 7) is 4.61. The van der Waals surface area contributed by atoms with E-state index in [0.717, 1.165) is 44.8 Å². The van der Waals surface area contributed by atoms with Crippen molar-refractivity contribution in [1.82, 2.24) is 14.9 Å². The van der Waals surface area contributed by atoms with Crippen LogP contribution in [-0.2, 0) is 4.74 Å². The Bertz CT molecular complexity index is 883. The molecule has 7 heteroatoms. The van der Waals surface area contributed by atoms with E-state index in [1.54, 1.807) is 13.3 Å². The molecule has 0 spiro atoms. The standard InChI is InChI=1S/C23H30N4O3/c1-16-18(23(28)26-19-7-3-4-9-21(19)29-2)15-24-22(25-16)20-8-5-6-12-27(20)17-10-13-30-14-11-17/h3-4,7,9,15,17,20H,5-6,8,10-14H2,1-2H3,(H,26,28)/t20-/m1/s1. The molecule has 3 heterocycles. The van der Waals surface area contributed by atoms with Gasteiger partial charge >= 0.3 is 0 Å². The van der Waals surface area contributed by atoms with Crippen LogP contribution in [0, 0.1) is 6.92 Å². The van der Waals surface area contributed by atoms with Crippen molar-refractivity contribution in [1.29, 1.82) is 0 Å². The first-order valence-corrected chi connectivity index (χ1v) is 10.8. The van der Waals surface area contributed by atoms with Crippen molar-refractivity contribution < 1.29 is 14.3 Å². The van der Waals surface area contributed by atoms with Crippen LogP contribution in [0.1, 0.15) is 60.0 Å². The number of rotatable bonds is 5. The topological polar surface area (TPSA) is 76.6 Å². The predicted molar refractivity (Wildman–Crippen MR) is 115 cm³/mol. The van der Waals surface area contributed by atoms with Gasteiger partial charge < -0.3 is 14.8 Å². The number of hydrogen-bond acceptors (Lipinski definition) is 6. The fourth-order valence-electron chi connectivity index (χ4n) is 4.49. The summed E-state index contributed by atoms with van der Waals surface area (Å²) in [5.41, 5.74) is 1.81. The number of piperidine rings is 1. The Morgan fingerprint density at radius 1 is 1.20 bits per heavy atom. The Hall–Kier alpha value is -2.51. The highest BCUT2D eigenvalue weighted by Gasteiger charge is 2.33. The Balaban J connectivity index is 1.52. The van der Waals surface area contributed by atoms with E-state index in [0.29, 0.717) is 28.7 Å². The lowest BCUT2D eigenvalue weighted by molar-refractivity contribution is 0.00208. The summed E-state index contributed by atoms with van der Waals surface area (Å²) >= 11 is 0. The van der Waals surface area contributed by atoms with Crippen molar-refractivity contribution >= 4 is 11.6 Å². The van der Waals surface area contributed by atoms with Gasteiger partial charge in [0.1, 0.15) is 11.6 Å². The minimum Gasteiger partial charge on any atom is -0.495 e. The van der Waals surface area contributed by atoms with Crippen molar-refractivity contribution in [2.45, 2.75) is 51.1 Å². The smallest absolute Gasteiger partial charge is 0.259 e. The van der Waals surface area contributed by atoms with Gasteiger partial charge in [0.05, 0.1) is 30.1 Å². The van der Waals surface area contributed by atoms with E-state index in [1.807, 2.05) is 31.2 Å². The SMILES string of the molecule is COc1ccccc1NC(=O)c1cnc([C@H]2CCCCN2C2CCOCC2)nc1C. The quantitative estimate of drug-likeness (QED) is 0.809. The van der Waals surface area contributed by atoms with Crippen LogP contribution in [0.2, 0.25) is 0 Å². The molecule has 0 bridgehead atoms. The first-order chi connectivity index (χ1) is 14.7. The molecule has 1 aromatic heterocycles. The number of likely N-dealkylation sites (tertiary alicyclic amines) is 1. The third kappa shape index (κ3) is 4.47. The molecule has 1 amide bonds. The van der Waals surface area contributed by atoms with E-state index in [9.17, 15) is 4.79 Å². The molecule has 2 aliphatic heterocycles. The van der Waals surface area contributed by atoms with E-state index >= 15 is 0 Å². The van der Waals surface area contributed by atoms with Gasteiger partial charge in [-0.2, -0.15) is 0 Å². The van der Waals surface area contributed by atoms with Gasteiger partial charge in [-0.1, -0.05) is 18.6 Å². The molecule has 7 nitrogen and oxygen atoms in total. The molecule has 2 aromatic rings. The molecule has 0 unspecified atom stereocenters. The van der Waals surface area contributed by atoms with Gasteiger partial charge in [-0.3, -0.25) is 9.69 Å². The van der Waals surface area contributed by atoms with E-state index in [1.165, 1.54) is 12.8 Å². The Labute approximate surface area is 177 Å². The number of para-hydroxylation sites is 2. The van der Waals surface area contributed by atoms with Crippen LogP contribution in [0.25, 0.3) is 0 Å². The summed E-state index contributed by atoms with van der Waals surface area (Å²) in [7, 11) is 1.59. The molecule has 0 saturated carbocycles. The average Bonchev–Trinajstić information content (AvgIpc) is 2.80. The minimum absolute atomic E-state index is 0.215. The molecule has 0 aliphatic carbocycles. The summed E-state index contributed by atoms with van der Waals surface area (Å²) in [6, 6.07) is 8.10. The molecule has 30 heavy (non-hydrogen) atoms. The number of nitrogens with one attached hydrogen (secondary N) is 1. The van der Waals surface area contributed by atoms with Crippen LogP contribution in [0.15, 0.2) is 30.5 Å². The summed E-state index contributed by atoms with van der Waals surface area (Å²) in [5.74, 6) is 1.22. The lowest BCUT2D eigenvalue weighted by atomic mass is 9.96. The Kier molecular flexibility index (Phi) is 6.59. The number of nitrogens with zero attached hydrogens (tertiary/aromatic N) is 3. The third-order valence-corrected chi connectivity index (χ3v) is 6.10. The third-order valence-electron chi connectivity index (χ3n) is 6.10. The molecule has 2 fully saturated rings.